The second-order valence-corrected chi connectivity index (χ2v) is 5.19. The van der Waals surface area contributed by atoms with Crippen molar-refractivity contribution in [2.75, 3.05) is 11.9 Å². The fraction of sp³-hybridized carbons (Fsp3) is 0.222. The third-order valence-corrected chi connectivity index (χ3v) is 2.89. The van der Waals surface area contributed by atoms with Crippen LogP contribution in [0.4, 0.5) is 5.69 Å². The first-order valence-corrected chi connectivity index (χ1v) is 7.32. The molecule has 1 N–H and O–H groups in total. The van der Waals surface area contributed by atoms with Crippen molar-refractivity contribution in [1.29, 1.82) is 0 Å². The van der Waals surface area contributed by atoms with Gasteiger partial charge in [0.05, 0.1) is 11.8 Å². The highest BCUT2D eigenvalue weighted by atomic mass is 16.5. The van der Waals surface area contributed by atoms with Crippen LogP contribution in [0, 0.1) is 0 Å². The number of rotatable bonds is 7. The molecule has 0 atom stereocenters. The highest BCUT2D eigenvalue weighted by molar-refractivity contribution is 5.94. The van der Waals surface area contributed by atoms with Gasteiger partial charge in [-0.1, -0.05) is 18.2 Å². The SMILES string of the molecule is CC(C)Oc1ccc(C=O)cc1NC(=O)COc1ccccc1. The van der Waals surface area contributed by atoms with Crippen LogP contribution in [0.2, 0.25) is 0 Å². The molecule has 5 heteroatoms. The molecule has 0 saturated heterocycles. The predicted octanol–water partition coefficient (Wildman–Crippen LogP) is 3.30. The van der Waals surface area contributed by atoms with E-state index in [0.717, 1.165) is 6.29 Å². The van der Waals surface area contributed by atoms with E-state index in [1.807, 2.05) is 32.0 Å². The van der Waals surface area contributed by atoms with Crippen LogP contribution in [0.5, 0.6) is 11.5 Å². The minimum Gasteiger partial charge on any atom is -0.489 e. The lowest BCUT2D eigenvalue weighted by Gasteiger charge is -2.15. The van der Waals surface area contributed by atoms with E-state index in [2.05, 4.69) is 5.32 Å². The Morgan fingerprint density at radius 1 is 1.17 bits per heavy atom. The lowest BCUT2D eigenvalue weighted by atomic mass is 10.2. The van der Waals surface area contributed by atoms with Crippen molar-refractivity contribution in [3.8, 4) is 11.5 Å². The van der Waals surface area contributed by atoms with E-state index in [4.69, 9.17) is 9.47 Å². The van der Waals surface area contributed by atoms with Crippen LogP contribution in [-0.4, -0.2) is 24.9 Å². The number of hydrogen-bond donors (Lipinski definition) is 1. The molecule has 0 heterocycles. The van der Waals surface area contributed by atoms with Gasteiger partial charge in [0.1, 0.15) is 17.8 Å². The summed E-state index contributed by atoms with van der Waals surface area (Å²) in [6.45, 7) is 3.64. The largest absolute Gasteiger partial charge is 0.489 e. The van der Waals surface area contributed by atoms with Gasteiger partial charge < -0.3 is 14.8 Å². The third kappa shape index (κ3) is 5.14. The number of amides is 1. The monoisotopic (exact) mass is 313 g/mol. The summed E-state index contributed by atoms with van der Waals surface area (Å²) in [7, 11) is 0. The Bertz CT molecular complexity index is 668. The Hall–Kier alpha value is -2.82. The molecule has 0 bridgehead atoms. The van der Waals surface area contributed by atoms with Crippen LogP contribution in [0.1, 0.15) is 24.2 Å². The molecular formula is C18H19NO4. The van der Waals surface area contributed by atoms with Crippen LogP contribution in [0.25, 0.3) is 0 Å². The molecule has 23 heavy (non-hydrogen) atoms. The van der Waals surface area contributed by atoms with Crippen LogP contribution in [-0.2, 0) is 4.79 Å². The second-order valence-electron chi connectivity index (χ2n) is 5.19. The summed E-state index contributed by atoms with van der Waals surface area (Å²) >= 11 is 0. The van der Waals surface area contributed by atoms with Crippen LogP contribution >= 0.6 is 0 Å². The summed E-state index contributed by atoms with van der Waals surface area (Å²) in [5.41, 5.74) is 0.908. The zero-order valence-corrected chi connectivity index (χ0v) is 13.1. The highest BCUT2D eigenvalue weighted by Crippen LogP contribution is 2.26. The molecule has 0 spiro atoms. The third-order valence-electron chi connectivity index (χ3n) is 2.89. The summed E-state index contributed by atoms with van der Waals surface area (Å²) in [4.78, 5) is 23.0. The Kier molecular flexibility index (Phi) is 5.74. The Labute approximate surface area is 135 Å². The van der Waals surface area contributed by atoms with Gasteiger partial charge in [0.2, 0.25) is 0 Å². The zero-order chi connectivity index (χ0) is 16.7. The number of carbonyl (C=O) groups excluding carboxylic acids is 2. The van der Waals surface area contributed by atoms with E-state index < -0.39 is 0 Å². The number of benzene rings is 2. The Morgan fingerprint density at radius 2 is 1.91 bits per heavy atom. The van der Waals surface area contributed by atoms with Crippen LogP contribution in [0.15, 0.2) is 48.5 Å². The first-order valence-electron chi connectivity index (χ1n) is 7.32. The van der Waals surface area contributed by atoms with Crippen molar-refractivity contribution in [3.05, 3.63) is 54.1 Å². The molecule has 2 aromatic rings. The fourth-order valence-electron chi connectivity index (χ4n) is 1.93. The van der Waals surface area contributed by atoms with Gasteiger partial charge in [-0.05, 0) is 44.2 Å². The van der Waals surface area contributed by atoms with Crippen molar-refractivity contribution in [2.45, 2.75) is 20.0 Å². The summed E-state index contributed by atoms with van der Waals surface area (Å²) in [5.74, 6) is 0.798. The van der Waals surface area contributed by atoms with E-state index in [0.29, 0.717) is 22.7 Å². The summed E-state index contributed by atoms with van der Waals surface area (Å²) in [5, 5.41) is 2.71. The van der Waals surface area contributed by atoms with Gasteiger partial charge in [0.25, 0.3) is 5.91 Å². The first kappa shape index (κ1) is 16.5. The molecule has 0 aliphatic carbocycles. The highest BCUT2D eigenvalue weighted by Gasteiger charge is 2.11. The molecule has 0 aromatic heterocycles. The van der Waals surface area contributed by atoms with Gasteiger partial charge >= 0.3 is 0 Å². The first-order chi connectivity index (χ1) is 11.1. The van der Waals surface area contributed by atoms with Crippen LogP contribution in [0.3, 0.4) is 0 Å². The average Bonchev–Trinajstić information content (AvgIpc) is 2.55. The lowest BCUT2D eigenvalue weighted by molar-refractivity contribution is -0.118. The van der Waals surface area contributed by atoms with Gasteiger partial charge in [0.15, 0.2) is 6.61 Å². The normalized spacial score (nSPS) is 10.2. The molecule has 2 aromatic carbocycles. The van der Waals surface area contributed by atoms with Gasteiger partial charge in [0, 0.05) is 5.56 Å². The van der Waals surface area contributed by atoms with Crippen molar-refractivity contribution in [1.82, 2.24) is 0 Å². The summed E-state index contributed by atoms with van der Waals surface area (Å²) < 4.78 is 11.0. The van der Waals surface area contributed by atoms with Gasteiger partial charge in [-0.15, -0.1) is 0 Å². The molecule has 0 radical (unpaired) electrons. The molecule has 2 rings (SSSR count). The van der Waals surface area contributed by atoms with E-state index in [1.54, 1.807) is 30.3 Å². The van der Waals surface area contributed by atoms with E-state index in [-0.39, 0.29) is 18.6 Å². The summed E-state index contributed by atoms with van der Waals surface area (Å²) in [6, 6.07) is 13.9. The standard InChI is InChI=1S/C18H19NO4/c1-13(2)23-17-9-8-14(11-20)10-16(17)19-18(21)12-22-15-6-4-3-5-7-15/h3-11,13H,12H2,1-2H3,(H,19,21). The lowest BCUT2D eigenvalue weighted by Crippen LogP contribution is -2.21. The van der Waals surface area contributed by atoms with Gasteiger partial charge in [-0.25, -0.2) is 0 Å². The fourth-order valence-corrected chi connectivity index (χ4v) is 1.93. The molecule has 120 valence electrons. The second kappa shape index (κ2) is 7.98. The topological polar surface area (TPSA) is 64.6 Å². The number of aldehydes is 1. The van der Waals surface area contributed by atoms with E-state index in [9.17, 15) is 9.59 Å². The Balaban J connectivity index is 2.04. The van der Waals surface area contributed by atoms with Gasteiger partial charge in [-0.3, -0.25) is 9.59 Å². The maximum atomic E-state index is 12.0. The van der Waals surface area contributed by atoms with Gasteiger partial charge in [-0.2, -0.15) is 0 Å². The molecule has 1 amide bonds. The van der Waals surface area contributed by atoms with Crippen molar-refractivity contribution in [2.24, 2.45) is 0 Å². The number of anilines is 1. The van der Waals surface area contributed by atoms with E-state index >= 15 is 0 Å². The number of nitrogens with one attached hydrogen (secondary N) is 1. The molecule has 0 saturated carbocycles. The minimum absolute atomic E-state index is 0.0479. The zero-order valence-electron chi connectivity index (χ0n) is 13.1. The predicted molar refractivity (Wildman–Crippen MR) is 88.2 cm³/mol. The molecule has 0 aliphatic rings. The maximum Gasteiger partial charge on any atom is 0.262 e. The quantitative estimate of drug-likeness (QED) is 0.797. The van der Waals surface area contributed by atoms with Crippen molar-refractivity contribution < 1.29 is 19.1 Å². The number of ether oxygens (including phenoxy) is 2. The van der Waals surface area contributed by atoms with Crippen LogP contribution < -0.4 is 14.8 Å². The number of hydrogen-bond acceptors (Lipinski definition) is 4. The molecule has 0 fully saturated rings. The van der Waals surface area contributed by atoms with E-state index in [1.165, 1.54) is 0 Å². The molecule has 0 unspecified atom stereocenters. The maximum absolute atomic E-state index is 12.0. The molecular weight excluding hydrogens is 294 g/mol. The Morgan fingerprint density at radius 3 is 2.57 bits per heavy atom. The van der Waals surface area contributed by atoms with Crippen molar-refractivity contribution >= 4 is 17.9 Å². The smallest absolute Gasteiger partial charge is 0.262 e. The number of para-hydroxylation sites is 1. The molecule has 0 aliphatic heterocycles. The summed E-state index contributed by atoms with van der Waals surface area (Å²) in [6.07, 6.45) is 0.670. The van der Waals surface area contributed by atoms with Crippen molar-refractivity contribution in [3.63, 3.8) is 0 Å². The number of carbonyl (C=O) groups is 2. The average molecular weight is 313 g/mol. The molecule has 5 nitrogen and oxygen atoms in total. The minimum atomic E-state index is -0.328.